The summed E-state index contributed by atoms with van der Waals surface area (Å²) in [4.78, 5) is 29.9. The zero-order chi connectivity index (χ0) is 22.9. The average molecular weight is 445 g/mol. The molecule has 0 bridgehead atoms. The molecule has 0 atom stereocenters. The van der Waals surface area contributed by atoms with Gasteiger partial charge in [-0.1, -0.05) is 6.07 Å². The summed E-state index contributed by atoms with van der Waals surface area (Å²) >= 11 is 0. The predicted molar refractivity (Wildman–Crippen MR) is 122 cm³/mol. The van der Waals surface area contributed by atoms with Crippen molar-refractivity contribution in [1.82, 2.24) is 14.5 Å². The van der Waals surface area contributed by atoms with Gasteiger partial charge in [-0.05, 0) is 37.6 Å². The minimum absolute atomic E-state index is 0.223. The van der Waals surface area contributed by atoms with Crippen molar-refractivity contribution in [3.8, 4) is 11.4 Å². The minimum atomic E-state index is -0.929. The van der Waals surface area contributed by atoms with E-state index in [1.54, 1.807) is 18.5 Å². The molecule has 1 aliphatic heterocycles. The highest BCUT2D eigenvalue weighted by molar-refractivity contribution is 5.84. The van der Waals surface area contributed by atoms with Crippen molar-refractivity contribution in [3.05, 3.63) is 87.8 Å². The van der Waals surface area contributed by atoms with Gasteiger partial charge in [-0.2, -0.15) is 0 Å². The molecule has 1 aromatic carbocycles. The highest BCUT2D eigenvalue weighted by Crippen LogP contribution is 2.31. The maximum absolute atomic E-state index is 12.8. The first-order valence-electron chi connectivity index (χ1n) is 10.8. The summed E-state index contributed by atoms with van der Waals surface area (Å²) in [5.41, 5.74) is 3.85. The van der Waals surface area contributed by atoms with Crippen LogP contribution in [0.1, 0.15) is 29.0 Å². The van der Waals surface area contributed by atoms with Crippen molar-refractivity contribution in [2.75, 3.05) is 6.54 Å². The largest absolute Gasteiger partial charge is 0.489 e. The number of aryl methyl sites for hydroxylation is 2. The highest BCUT2D eigenvalue weighted by Gasteiger charge is 2.23. The predicted octanol–water partition coefficient (Wildman–Crippen LogP) is 4.29. The van der Waals surface area contributed by atoms with Gasteiger partial charge in [0, 0.05) is 59.7 Å². The molecule has 4 heterocycles. The molecule has 1 amide bonds. The van der Waals surface area contributed by atoms with Gasteiger partial charge in [-0.15, -0.1) is 0 Å². The summed E-state index contributed by atoms with van der Waals surface area (Å²) in [7, 11) is 0. The molecule has 5 rings (SSSR count). The third kappa shape index (κ3) is 4.19. The molecule has 1 N–H and O–H groups in total. The number of hydrogen-bond donors (Lipinski definition) is 1. The van der Waals surface area contributed by atoms with Crippen molar-refractivity contribution < 1.29 is 19.1 Å². The SMILES string of the molecule is Cc1ccc(COc2ccn(-c3ccc4c5c(oc4c3)CCCN(C(=O)O)C5)c(=O)c2)cn1. The summed E-state index contributed by atoms with van der Waals surface area (Å²) < 4.78 is 13.3. The number of carbonyl (C=O) groups is 1. The van der Waals surface area contributed by atoms with Crippen LogP contribution in [0.4, 0.5) is 4.79 Å². The Kier molecular flexibility index (Phi) is 5.34. The summed E-state index contributed by atoms with van der Waals surface area (Å²) in [5.74, 6) is 1.30. The fourth-order valence-electron chi connectivity index (χ4n) is 4.09. The van der Waals surface area contributed by atoms with Crippen LogP contribution in [-0.2, 0) is 19.6 Å². The Morgan fingerprint density at radius 3 is 2.85 bits per heavy atom. The molecule has 8 nitrogen and oxygen atoms in total. The van der Waals surface area contributed by atoms with Crippen LogP contribution in [-0.4, -0.2) is 32.2 Å². The van der Waals surface area contributed by atoms with Crippen LogP contribution in [0.25, 0.3) is 16.7 Å². The van der Waals surface area contributed by atoms with Gasteiger partial charge in [0.15, 0.2) is 0 Å². The van der Waals surface area contributed by atoms with Gasteiger partial charge >= 0.3 is 6.09 Å². The number of fused-ring (bicyclic) bond motifs is 3. The number of nitrogens with zero attached hydrogens (tertiary/aromatic N) is 3. The molecule has 33 heavy (non-hydrogen) atoms. The monoisotopic (exact) mass is 445 g/mol. The third-order valence-corrected chi connectivity index (χ3v) is 5.86. The van der Waals surface area contributed by atoms with Crippen LogP contribution in [0.3, 0.4) is 0 Å². The molecule has 0 aliphatic carbocycles. The fraction of sp³-hybridized carbons (Fsp3) is 0.240. The van der Waals surface area contributed by atoms with Crippen LogP contribution in [0.15, 0.2) is 64.1 Å². The topological polar surface area (TPSA) is 97.8 Å². The lowest BCUT2D eigenvalue weighted by atomic mass is 10.1. The van der Waals surface area contributed by atoms with E-state index in [9.17, 15) is 14.7 Å². The number of benzene rings is 1. The second kappa shape index (κ2) is 8.46. The number of ether oxygens (including phenoxy) is 1. The lowest BCUT2D eigenvalue weighted by molar-refractivity contribution is 0.143. The first-order valence-corrected chi connectivity index (χ1v) is 10.8. The Morgan fingerprint density at radius 2 is 2.09 bits per heavy atom. The van der Waals surface area contributed by atoms with Crippen LogP contribution >= 0.6 is 0 Å². The Hall–Kier alpha value is -4.07. The second-order valence-electron chi connectivity index (χ2n) is 8.16. The Labute approximate surface area is 189 Å². The van der Waals surface area contributed by atoms with Crippen molar-refractivity contribution in [2.24, 2.45) is 0 Å². The summed E-state index contributed by atoms with van der Waals surface area (Å²) in [6.45, 7) is 3.04. The van der Waals surface area contributed by atoms with E-state index in [1.807, 2.05) is 37.3 Å². The smallest absolute Gasteiger partial charge is 0.407 e. The molecule has 8 heteroatoms. The molecule has 0 fully saturated rings. The Morgan fingerprint density at radius 1 is 1.21 bits per heavy atom. The van der Waals surface area contributed by atoms with Crippen molar-refractivity contribution in [1.29, 1.82) is 0 Å². The average Bonchev–Trinajstić information content (AvgIpc) is 2.99. The quantitative estimate of drug-likeness (QED) is 0.503. The van der Waals surface area contributed by atoms with Gasteiger partial charge in [0.2, 0.25) is 0 Å². The van der Waals surface area contributed by atoms with Gasteiger partial charge in [-0.25, -0.2) is 4.79 Å². The molecule has 0 saturated carbocycles. The number of amides is 1. The van der Waals surface area contributed by atoms with Crippen LogP contribution in [0.2, 0.25) is 0 Å². The lowest BCUT2D eigenvalue weighted by Gasteiger charge is -2.15. The molecule has 1 aliphatic rings. The van der Waals surface area contributed by atoms with Gasteiger partial charge in [-0.3, -0.25) is 14.3 Å². The van der Waals surface area contributed by atoms with E-state index < -0.39 is 6.09 Å². The normalized spacial score (nSPS) is 13.5. The number of hydrogen-bond acceptors (Lipinski definition) is 5. The van der Waals surface area contributed by atoms with Crippen LogP contribution in [0.5, 0.6) is 5.75 Å². The molecule has 0 spiro atoms. The Balaban J connectivity index is 1.39. The third-order valence-electron chi connectivity index (χ3n) is 5.86. The van der Waals surface area contributed by atoms with Crippen molar-refractivity contribution in [3.63, 3.8) is 0 Å². The van der Waals surface area contributed by atoms with E-state index in [2.05, 4.69) is 4.98 Å². The lowest BCUT2D eigenvalue weighted by Crippen LogP contribution is -2.28. The number of furan rings is 1. The van der Waals surface area contributed by atoms with Gasteiger partial charge < -0.3 is 19.2 Å². The van der Waals surface area contributed by atoms with Gasteiger partial charge in [0.25, 0.3) is 5.56 Å². The number of pyridine rings is 2. The van der Waals surface area contributed by atoms with E-state index in [1.165, 1.54) is 15.5 Å². The van der Waals surface area contributed by atoms with E-state index in [-0.39, 0.29) is 5.56 Å². The molecule has 168 valence electrons. The number of rotatable bonds is 4. The molecular weight excluding hydrogens is 422 g/mol. The summed E-state index contributed by atoms with van der Waals surface area (Å²) in [6, 6.07) is 12.6. The second-order valence-corrected chi connectivity index (χ2v) is 8.16. The van der Waals surface area contributed by atoms with E-state index in [0.29, 0.717) is 49.6 Å². The minimum Gasteiger partial charge on any atom is -0.489 e. The van der Waals surface area contributed by atoms with Gasteiger partial charge in [0.1, 0.15) is 23.7 Å². The number of aromatic nitrogens is 2. The van der Waals surface area contributed by atoms with E-state index >= 15 is 0 Å². The molecule has 0 saturated heterocycles. The van der Waals surface area contributed by atoms with Crippen molar-refractivity contribution in [2.45, 2.75) is 32.9 Å². The van der Waals surface area contributed by atoms with Gasteiger partial charge in [0.05, 0.1) is 12.2 Å². The zero-order valence-electron chi connectivity index (χ0n) is 18.2. The van der Waals surface area contributed by atoms with Crippen LogP contribution in [0, 0.1) is 6.92 Å². The highest BCUT2D eigenvalue weighted by atomic mass is 16.5. The first-order chi connectivity index (χ1) is 16.0. The van der Waals surface area contributed by atoms with Crippen molar-refractivity contribution >= 4 is 17.1 Å². The maximum Gasteiger partial charge on any atom is 0.407 e. The van der Waals surface area contributed by atoms with E-state index in [0.717, 1.165) is 28.0 Å². The van der Waals surface area contributed by atoms with E-state index in [4.69, 9.17) is 9.15 Å². The molecule has 3 aromatic heterocycles. The fourth-order valence-corrected chi connectivity index (χ4v) is 4.09. The first kappa shape index (κ1) is 20.8. The van der Waals surface area contributed by atoms with Crippen LogP contribution < -0.4 is 10.3 Å². The Bertz CT molecular complexity index is 1390. The molecule has 0 unspecified atom stereocenters. The summed E-state index contributed by atoms with van der Waals surface area (Å²) in [6.07, 6.45) is 3.90. The standard InChI is InChI=1S/C25H23N3O5/c1-16-4-5-17(13-26-16)15-32-19-8-10-28(24(29)12-19)18-6-7-20-21-14-27(25(30)31)9-2-3-22(21)33-23(20)11-18/h4-8,10-13H,2-3,9,14-15H2,1H3,(H,30,31). The number of carboxylic acid groups (broad SMARTS) is 1. The molecule has 0 radical (unpaired) electrons. The zero-order valence-corrected chi connectivity index (χ0v) is 18.2. The summed E-state index contributed by atoms with van der Waals surface area (Å²) in [5, 5.41) is 10.3. The molecular formula is C25H23N3O5. The molecule has 4 aromatic rings. The maximum atomic E-state index is 12.8.